The molecular weight excluding hydrogens is 254 g/mol. The van der Waals surface area contributed by atoms with E-state index in [0.29, 0.717) is 23.7 Å². The lowest BCUT2D eigenvalue weighted by Gasteiger charge is -2.21. The highest BCUT2D eigenvalue weighted by Gasteiger charge is 2.18. The van der Waals surface area contributed by atoms with Gasteiger partial charge < -0.3 is 14.4 Å². The first-order valence-corrected chi connectivity index (χ1v) is 7.36. The summed E-state index contributed by atoms with van der Waals surface area (Å²) in [5.74, 6) is 1.39. The number of nitrogens with zero attached hydrogens (tertiary/aromatic N) is 1. The molecule has 1 aromatic rings. The van der Waals surface area contributed by atoms with E-state index in [4.69, 9.17) is 9.47 Å². The first-order valence-electron chi connectivity index (χ1n) is 7.36. The molecule has 0 atom stereocenters. The first kappa shape index (κ1) is 14.7. The monoisotopic (exact) mass is 277 g/mol. The number of hydrogen-bond donors (Lipinski definition) is 0. The lowest BCUT2D eigenvalue weighted by atomic mass is 10.1. The van der Waals surface area contributed by atoms with E-state index in [2.05, 4.69) is 0 Å². The number of ether oxygens (including phenoxy) is 2. The molecule has 1 amide bonds. The molecule has 1 aliphatic rings. The predicted octanol–water partition coefficient (Wildman–Crippen LogP) is 3.11. The van der Waals surface area contributed by atoms with Crippen LogP contribution in [0.3, 0.4) is 0 Å². The highest BCUT2D eigenvalue weighted by atomic mass is 16.5. The van der Waals surface area contributed by atoms with Crippen LogP contribution in [0.1, 0.15) is 43.0 Å². The second-order valence-corrected chi connectivity index (χ2v) is 5.01. The van der Waals surface area contributed by atoms with Gasteiger partial charge in [-0.1, -0.05) is 12.8 Å². The van der Waals surface area contributed by atoms with Crippen LogP contribution in [0.25, 0.3) is 0 Å². The summed E-state index contributed by atoms with van der Waals surface area (Å²) >= 11 is 0. The molecular formula is C16H23NO3. The largest absolute Gasteiger partial charge is 0.493 e. The molecule has 2 rings (SSSR count). The second kappa shape index (κ2) is 7.17. The Bertz CT molecular complexity index is 451. The van der Waals surface area contributed by atoms with Crippen molar-refractivity contribution in [3.05, 3.63) is 23.8 Å². The van der Waals surface area contributed by atoms with Gasteiger partial charge in [-0.15, -0.1) is 0 Å². The number of benzene rings is 1. The standard InChI is InChI=1S/C16H23NO3/c1-3-20-15-12-13(8-9-14(15)19-2)16(18)17-10-6-4-5-7-11-17/h8-9,12H,3-7,10-11H2,1-2H3. The topological polar surface area (TPSA) is 38.8 Å². The minimum Gasteiger partial charge on any atom is -0.493 e. The SMILES string of the molecule is CCOc1cc(C(=O)N2CCCCCC2)ccc1OC. The van der Waals surface area contributed by atoms with E-state index in [9.17, 15) is 4.79 Å². The average Bonchev–Trinajstić information content (AvgIpc) is 2.76. The van der Waals surface area contributed by atoms with Crippen molar-refractivity contribution >= 4 is 5.91 Å². The van der Waals surface area contributed by atoms with Gasteiger partial charge in [0, 0.05) is 18.7 Å². The molecule has 1 heterocycles. The summed E-state index contributed by atoms with van der Waals surface area (Å²) in [5.41, 5.74) is 0.677. The number of likely N-dealkylation sites (tertiary alicyclic amines) is 1. The van der Waals surface area contributed by atoms with Gasteiger partial charge in [-0.3, -0.25) is 4.79 Å². The van der Waals surface area contributed by atoms with Crippen LogP contribution in [0.5, 0.6) is 11.5 Å². The average molecular weight is 277 g/mol. The Balaban J connectivity index is 2.18. The van der Waals surface area contributed by atoms with Gasteiger partial charge in [-0.25, -0.2) is 0 Å². The van der Waals surface area contributed by atoms with E-state index in [1.165, 1.54) is 12.8 Å². The summed E-state index contributed by atoms with van der Waals surface area (Å²) in [7, 11) is 1.61. The molecule has 20 heavy (non-hydrogen) atoms. The fourth-order valence-corrected chi connectivity index (χ4v) is 2.53. The van der Waals surface area contributed by atoms with Crippen molar-refractivity contribution in [2.24, 2.45) is 0 Å². The maximum atomic E-state index is 12.5. The fourth-order valence-electron chi connectivity index (χ4n) is 2.53. The molecule has 1 aromatic carbocycles. The van der Waals surface area contributed by atoms with Crippen molar-refractivity contribution in [1.82, 2.24) is 4.90 Å². The highest BCUT2D eigenvalue weighted by molar-refractivity contribution is 5.95. The first-order chi connectivity index (χ1) is 9.76. The Labute approximate surface area is 120 Å². The number of rotatable bonds is 4. The molecule has 0 aliphatic carbocycles. The Hall–Kier alpha value is -1.71. The summed E-state index contributed by atoms with van der Waals surface area (Å²) in [4.78, 5) is 14.5. The van der Waals surface area contributed by atoms with E-state index in [1.54, 1.807) is 19.2 Å². The Morgan fingerprint density at radius 1 is 1.15 bits per heavy atom. The zero-order valence-electron chi connectivity index (χ0n) is 12.4. The zero-order valence-corrected chi connectivity index (χ0v) is 12.4. The third-order valence-electron chi connectivity index (χ3n) is 3.60. The van der Waals surface area contributed by atoms with Crippen LogP contribution in [0, 0.1) is 0 Å². The maximum Gasteiger partial charge on any atom is 0.253 e. The fraction of sp³-hybridized carbons (Fsp3) is 0.562. The summed E-state index contributed by atoms with van der Waals surface area (Å²) < 4.78 is 10.8. The van der Waals surface area contributed by atoms with Crippen molar-refractivity contribution < 1.29 is 14.3 Å². The summed E-state index contributed by atoms with van der Waals surface area (Å²) in [6, 6.07) is 5.40. The van der Waals surface area contributed by atoms with Crippen LogP contribution in [0.15, 0.2) is 18.2 Å². The Morgan fingerprint density at radius 3 is 2.45 bits per heavy atom. The van der Waals surface area contributed by atoms with Gasteiger partial charge in [0.15, 0.2) is 11.5 Å². The second-order valence-electron chi connectivity index (χ2n) is 5.01. The quantitative estimate of drug-likeness (QED) is 0.849. The molecule has 4 nitrogen and oxygen atoms in total. The van der Waals surface area contributed by atoms with Gasteiger partial charge in [-0.05, 0) is 38.0 Å². The maximum absolute atomic E-state index is 12.5. The minimum atomic E-state index is 0.0931. The van der Waals surface area contributed by atoms with Gasteiger partial charge in [0.25, 0.3) is 5.91 Å². The number of amides is 1. The van der Waals surface area contributed by atoms with E-state index in [-0.39, 0.29) is 5.91 Å². The molecule has 0 unspecified atom stereocenters. The number of hydrogen-bond acceptors (Lipinski definition) is 3. The normalized spacial score (nSPS) is 15.6. The molecule has 0 N–H and O–H groups in total. The molecule has 0 radical (unpaired) electrons. The summed E-state index contributed by atoms with van der Waals surface area (Å²) in [6.07, 6.45) is 4.63. The van der Waals surface area contributed by atoms with Crippen molar-refractivity contribution in [3.63, 3.8) is 0 Å². The van der Waals surface area contributed by atoms with Gasteiger partial charge in [0.05, 0.1) is 13.7 Å². The molecule has 1 fully saturated rings. The van der Waals surface area contributed by atoms with Crippen molar-refractivity contribution in [2.75, 3.05) is 26.8 Å². The minimum absolute atomic E-state index is 0.0931. The van der Waals surface area contributed by atoms with E-state index in [1.807, 2.05) is 17.9 Å². The van der Waals surface area contributed by atoms with Crippen molar-refractivity contribution in [3.8, 4) is 11.5 Å². The van der Waals surface area contributed by atoms with Gasteiger partial charge in [0.2, 0.25) is 0 Å². The molecule has 0 aromatic heterocycles. The van der Waals surface area contributed by atoms with Gasteiger partial charge in [-0.2, -0.15) is 0 Å². The number of carbonyl (C=O) groups excluding carboxylic acids is 1. The molecule has 1 saturated heterocycles. The molecule has 0 saturated carbocycles. The number of methoxy groups -OCH3 is 1. The van der Waals surface area contributed by atoms with Crippen LogP contribution in [0.4, 0.5) is 0 Å². The van der Waals surface area contributed by atoms with E-state index in [0.717, 1.165) is 25.9 Å². The molecule has 0 bridgehead atoms. The lowest BCUT2D eigenvalue weighted by Crippen LogP contribution is -2.31. The molecule has 4 heteroatoms. The van der Waals surface area contributed by atoms with Crippen LogP contribution in [0.2, 0.25) is 0 Å². The molecule has 0 spiro atoms. The zero-order chi connectivity index (χ0) is 14.4. The van der Waals surface area contributed by atoms with Crippen LogP contribution in [-0.4, -0.2) is 37.6 Å². The van der Waals surface area contributed by atoms with Crippen LogP contribution < -0.4 is 9.47 Å². The molecule has 110 valence electrons. The highest BCUT2D eigenvalue weighted by Crippen LogP contribution is 2.28. The third-order valence-corrected chi connectivity index (χ3v) is 3.60. The summed E-state index contributed by atoms with van der Waals surface area (Å²) in [5, 5.41) is 0. The van der Waals surface area contributed by atoms with Gasteiger partial charge >= 0.3 is 0 Å². The summed E-state index contributed by atoms with van der Waals surface area (Å²) in [6.45, 7) is 4.18. The third kappa shape index (κ3) is 3.44. The van der Waals surface area contributed by atoms with Gasteiger partial charge in [0.1, 0.15) is 0 Å². The van der Waals surface area contributed by atoms with E-state index < -0.39 is 0 Å². The van der Waals surface area contributed by atoms with E-state index >= 15 is 0 Å². The number of carbonyl (C=O) groups is 1. The van der Waals surface area contributed by atoms with Crippen LogP contribution >= 0.6 is 0 Å². The smallest absolute Gasteiger partial charge is 0.253 e. The van der Waals surface area contributed by atoms with Crippen molar-refractivity contribution in [2.45, 2.75) is 32.6 Å². The predicted molar refractivity (Wildman–Crippen MR) is 78.5 cm³/mol. The Kier molecular flexibility index (Phi) is 5.27. The molecule has 1 aliphatic heterocycles. The van der Waals surface area contributed by atoms with Crippen LogP contribution in [-0.2, 0) is 0 Å². The van der Waals surface area contributed by atoms with Crippen molar-refractivity contribution in [1.29, 1.82) is 0 Å². The Morgan fingerprint density at radius 2 is 1.85 bits per heavy atom. The lowest BCUT2D eigenvalue weighted by molar-refractivity contribution is 0.0761.